The van der Waals surface area contributed by atoms with Gasteiger partial charge in [0.1, 0.15) is 5.58 Å². The van der Waals surface area contributed by atoms with Crippen LogP contribution in [0.25, 0.3) is 11.0 Å². The van der Waals surface area contributed by atoms with Crippen LogP contribution >= 0.6 is 0 Å². The van der Waals surface area contributed by atoms with Gasteiger partial charge in [-0.1, -0.05) is 6.92 Å². The molecule has 0 spiro atoms. The summed E-state index contributed by atoms with van der Waals surface area (Å²) < 4.78 is 16.0. The SMILES string of the molecule is COc1cc2ccc(=O)oc2cc1OCCC(C)CO. The minimum Gasteiger partial charge on any atom is -0.493 e. The van der Waals surface area contributed by atoms with Crippen LogP contribution in [-0.2, 0) is 0 Å². The van der Waals surface area contributed by atoms with Gasteiger partial charge in [-0.3, -0.25) is 0 Å². The largest absolute Gasteiger partial charge is 0.493 e. The third-order valence-electron chi connectivity index (χ3n) is 3.09. The Morgan fingerprint density at radius 1 is 1.30 bits per heavy atom. The Bertz CT molecular complexity index is 632. The van der Waals surface area contributed by atoms with Crippen molar-refractivity contribution < 1.29 is 19.0 Å². The third-order valence-corrected chi connectivity index (χ3v) is 3.09. The van der Waals surface area contributed by atoms with Crippen molar-refractivity contribution >= 4 is 11.0 Å². The number of rotatable bonds is 6. The normalized spacial score (nSPS) is 12.3. The molecule has 0 saturated carbocycles. The molecule has 0 amide bonds. The lowest BCUT2D eigenvalue weighted by Crippen LogP contribution is -2.08. The lowest BCUT2D eigenvalue weighted by atomic mass is 10.1. The second kappa shape index (κ2) is 6.43. The van der Waals surface area contributed by atoms with Crippen LogP contribution in [0.4, 0.5) is 0 Å². The van der Waals surface area contributed by atoms with E-state index in [2.05, 4.69) is 0 Å². The summed E-state index contributed by atoms with van der Waals surface area (Å²) in [6.07, 6.45) is 0.733. The second-order valence-corrected chi connectivity index (χ2v) is 4.72. The topological polar surface area (TPSA) is 68.9 Å². The molecule has 0 fully saturated rings. The molecule has 1 N–H and O–H groups in total. The predicted octanol–water partition coefficient (Wildman–Crippen LogP) is 2.20. The maximum Gasteiger partial charge on any atom is 0.336 e. The highest BCUT2D eigenvalue weighted by molar-refractivity contribution is 5.80. The van der Waals surface area contributed by atoms with Crippen molar-refractivity contribution in [3.05, 3.63) is 34.7 Å². The molecule has 0 saturated heterocycles. The summed E-state index contributed by atoms with van der Waals surface area (Å²) in [5, 5.41) is 9.75. The molecule has 20 heavy (non-hydrogen) atoms. The first-order valence-electron chi connectivity index (χ1n) is 6.49. The number of methoxy groups -OCH3 is 1. The second-order valence-electron chi connectivity index (χ2n) is 4.72. The molecule has 2 aromatic rings. The smallest absolute Gasteiger partial charge is 0.336 e. The zero-order valence-corrected chi connectivity index (χ0v) is 11.6. The molecular weight excluding hydrogens is 260 g/mol. The Hall–Kier alpha value is -2.01. The quantitative estimate of drug-likeness (QED) is 0.820. The van der Waals surface area contributed by atoms with Crippen LogP contribution < -0.4 is 15.1 Å². The highest BCUT2D eigenvalue weighted by Gasteiger charge is 2.09. The fourth-order valence-corrected chi connectivity index (χ4v) is 1.81. The Balaban J connectivity index is 2.24. The minimum absolute atomic E-state index is 0.132. The predicted molar refractivity (Wildman–Crippen MR) is 75.4 cm³/mol. The Labute approximate surface area is 116 Å². The van der Waals surface area contributed by atoms with Crippen LogP contribution in [0, 0.1) is 5.92 Å². The highest BCUT2D eigenvalue weighted by atomic mass is 16.5. The van der Waals surface area contributed by atoms with Gasteiger partial charge in [0.05, 0.1) is 13.7 Å². The summed E-state index contributed by atoms with van der Waals surface area (Å²) in [5.41, 5.74) is 0.0611. The van der Waals surface area contributed by atoms with Crippen LogP contribution in [0.1, 0.15) is 13.3 Å². The molecule has 0 radical (unpaired) electrons. The molecule has 1 heterocycles. The zero-order valence-electron chi connectivity index (χ0n) is 11.6. The van der Waals surface area contributed by atoms with Gasteiger partial charge in [-0.25, -0.2) is 4.79 Å². The van der Waals surface area contributed by atoms with Crippen molar-refractivity contribution in [2.75, 3.05) is 20.3 Å². The van der Waals surface area contributed by atoms with Gasteiger partial charge in [0.15, 0.2) is 11.5 Å². The summed E-state index contributed by atoms with van der Waals surface area (Å²) in [5.74, 6) is 1.29. The molecule has 0 aliphatic rings. The van der Waals surface area contributed by atoms with E-state index in [1.807, 2.05) is 6.92 Å². The molecule has 0 bridgehead atoms. The summed E-state index contributed by atoms with van der Waals surface area (Å²) in [6, 6.07) is 6.47. The molecule has 0 aliphatic heterocycles. The summed E-state index contributed by atoms with van der Waals surface area (Å²) in [7, 11) is 1.56. The number of aliphatic hydroxyl groups is 1. The van der Waals surface area contributed by atoms with Gasteiger partial charge in [0.2, 0.25) is 0 Å². The first kappa shape index (κ1) is 14.4. The van der Waals surface area contributed by atoms with E-state index in [-0.39, 0.29) is 12.5 Å². The number of hydrogen-bond acceptors (Lipinski definition) is 5. The molecular formula is C15H18O5. The molecule has 0 aliphatic carbocycles. The number of hydrogen-bond donors (Lipinski definition) is 1. The fraction of sp³-hybridized carbons (Fsp3) is 0.400. The van der Waals surface area contributed by atoms with Gasteiger partial charge in [0.25, 0.3) is 0 Å². The lowest BCUT2D eigenvalue weighted by Gasteiger charge is -2.13. The van der Waals surface area contributed by atoms with Gasteiger partial charge in [0, 0.05) is 24.1 Å². The van der Waals surface area contributed by atoms with E-state index in [1.54, 1.807) is 25.3 Å². The van der Waals surface area contributed by atoms with E-state index in [0.717, 1.165) is 11.8 Å². The van der Waals surface area contributed by atoms with Crippen molar-refractivity contribution in [2.24, 2.45) is 5.92 Å². The number of fused-ring (bicyclic) bond motifs is 1. The average molecular weight is 278 g/mol. The van der Waals surface area contributed by atoms with E-state index in [0.29, 0.717) is 23.7 Å². The van der Waals surface area contributed by atoms with E-state index in [4.69, 9.17) is 19.0 Å². The van der Waals surface area contributed by atoms with Crippen LogP contribution in [0.2, 0.25) is 0 Å². The standard InChI is InChI=1S/C15H18O5/c1-10(9-16)5-6-19-14-8-12-11(7-13(14)18-2)3-4-15(17)20-12/h3-4,7-8,10,16H,5-6,9H2,1-2H3. The van der Waals surface area contributed by atoms with Crippen LogP contribution in [0.15, 0.2) is 33.5 Å². The van der Waals surface area contributed by atoms with Gasteiger partial charge in [-0.2, -0.15) is 0 Å². The van der Waals surface area contributed by atoms with E-state index >= 15 is 0 Å². The molecule has 1 aromatic heterocycles. The van der Waals surface area contributed by atoms with E-state index in [1.165, 1.54) is 6.07 Å². The van der Waals surface area contributed by atoms with Gasteiger partial charge in [-0.15, -0.1) is 0 Å². The number of ether oxygens (including phenoxy) is 2. The van der Waals surface area contributed by atoms with Gasteiger partial charge < -0.3 is 19.0 Å². The molecule has 1 atom stereocenters. The first-order chi connectivity index (χ1) is 9.63. The van der Waals surface area contributed by atoms with Crippen LogP contribution in [0.5, 0.6) is 11.5 Å². The van der Waals surface area contributed by atoms with Crippen molar-refractivity contribution in [1.82, 2.24) is 0 Å². The van der Waals surface area contributed by atoms with Crippen molar-refractivity contribution in [3.63, 3.8) is 0 Å². The van der Waals surface area contributed by atoms with Crippen molar-refractivity contribution in [1.29, 1.82) is 0 Å². The lowest BCUT2D eigenvalue weighted by molar-refractivity contribution is 0.199. The number of benzene rings is 1. The highest BCUT2D eigenvalue weighted by Crippen LogP contribution is 2.32. The molecule has 5 nitrogen and oxygen atoms in total. The van der Waals surface area contributed by atoms with Crippen LogP contribution in [0.3, 0.4) is 0 Å². The molecule has 5 heteroatoms. The zero-order chi connectivity index (χ0) is 14.5. The maximum absolute atomic E-state index is 11.2. The Morgan fingerprint density at radius 3 is 2.80 bits per heavy atom. The van der Waals surface area contributed by atoms with E-state index in [9.17, 15) is 4.79 Å². The first-order valence-corrected chi connectivity index (χ1v) is 6.49. The van der Waals surface area contributed by atoms with Crippen molar-refractivity contribution in [3.8, 4) is 11.5 Å². The maximum atomic E-state index is 11.2. The Kier molecular flexibility index (Phi) is 4.63. The minimum atomic E-state index is -0.400. The molecule has 2 rings (SSSR count). The van der Waals surface area contributed by atoms with Gasteiger partial charge >= 0.3 is 5.63 Å². The van der Waals surface area contributed by atoms with Gasteiger partial charge in [-0.05, 0) is 24.5 Å². The number of aliphatic hydroxyl groups excluding tert-OH is 1. The Morgan fingerprint density at radius 2 is 2.10 bits per heavy atom. The van der Waals surface area contributed by atoms with Crippen LogP contribution in [-0.4, -0.2) is 25.4 Å². The fourth-order valence-electron chi connectivity index (χ4n) is 1.81. The molecule has 1 unspecified atom stereocenters. The summed E-state index contributed by atoms with van der Waals surface area (Å²) in [6.45, 7) is 2.54. The summed E-state index contributed by atoms with van der Waals surface area (Å²) >= 11 is 0. The summed E-state index contributed by atoms with van der Waals surface area (Å²) in [4.78, 5) is 11.2. The monoisotopic (exact) mass is 278 g/mol. The molecule has 108 valence electrons. The average Bonchev–Trinajstić information content (AvgIpc) is 2.46. The third kappa shape index (κ3) is 3.30. The van der Waals surface area contributed by atoms with Crippen molar-refractivity contribution in [2.45, 2.75) is 13.3 Å². The van der Waals surface area contributed by atoms with E-state index < -0.39 is 5.63 Å². The molecule has 1 aromatic carbocycles.